The average Bonchev–Trinajstić information content (AvgIpc) is 2.35. The lowest BCUT2D eigenvalue weighted by molar-refractivity contribution is -0.118. The van der Waals surface area contributed by atoms with Gasteiger partial charge in [-0.2, -0.15) is 4.98 Å². The molecule has 0 saturated heterocycles. The number of nitrogens with one attached hydrogen (secondary N) is 3. The van der Waals surface area contributed by atoms with Crippen molar-refractivity contribution >= 4 is 17.7 Å². The van der Waals surface area contributed by atoms with Crippen LogP contribution < -0.4 is 16.0 Å². The Morgan fingerprint density at radius 2 is 2.18 bits per heavy atom. The predicted octanol–water partition coefficient (Wildman–Crippen LogP) is 0.765. The minimum atomic E-state index is -0.0777. The van der Waals surface area contributed by atoms with Crippen LogP contribution in [0.3, 0.4) is 0 Å². The Hall–Kier alpha value is -1.85. The first-order valence-corrected chi connectivity index (χ1v) is 5.69. The Morgan fingerprint density at radius 1 is 1.41 bits per heavy atom. The highest BCUT2D eigenvalue weighted by molar-refractivity contribution is 5.80. The van der Waals surface area contributed by atoms with Crippen LogP contribution in [-0.2, 0) is 4.79 Å². The molecule has 3 N–H and O–H groups in total. The van der Waals surface area contributed by atoms with Crippen LogP contribution in [0.5, 0.6) is 0 Å². The Bertz CT molecular complexity index is 380. The van der Waals surface area contributed by atoms with Gasteiger partial charge in [0.2, 0.25) is 11.9 Å². The van der Waals surface area contributed by atoms with Crippen LogP contribution in [0.25, 0.3) is 0 Å². The Morgan fingerprint density at radius 3 is 2.82 bits per heavy atom. The summed E-state index contributed by atoms with van der Waals surface area (Å²) in [5, 5.41) is 8.62. The number of carbonyl (C=O) groups excluding carboxylic acids is 1. The van der Waals surface area contributed by atoms with Gasteiger partial charge in [-0.15, -0.1) is 0 Å². The van der Waals surface area contributed by atoms with Gasteiger partial charge in [0, 0.05) is 25.4 Å². The Labute approximate surface area is 101 Å². The molecular formula is C11H19N5O. The summed E-state index contributed by atoms with van der Waals surface area (Å²) in [4.78, 5) is 19.6. The summed E-state index contributed by atoms with van der Waals surface area (Å²) in [6.45, 7) is 5.02. The number of hydrogen-bond acceptors (Lipinski definition) is 5. The number of hydrogen-bond donors (Lipinski definition) is 3. The second-order valence-corrected chi connectivity index (χ2v) is 3.68. The van der Waals surface area contributed by atoms with E-state index in [4.69, 9.17) is 0 Å². The SMILES string of the molecule is CCCNc1ncc(C)c(NCC(=O)NC)n1. The summed E-state index contributed by atoms with van der Waals surface area (Å²) in [5.74, 6) is 1.19. The van der Waals surface area contributed by atoms with Crippen LogP contribution in [0.15, 0.2) is 6.20 Å². The molecule has 0 aliphatic heterocycles. The predicted molar refractivity (Wildman–Crippen MR) is 68.1 cm³/mol. The van der Waals surface area contributed by atoms with Crippen LogP contribution >= 0.6 is 0 Å². The van der Waals surface area contributed by atoms with Gasteiger partial charge < -0.3 is 16.0 Å². The molecule has 0 spiro atoms. The quantitative estimate of drug-likeness (QED) is 0.681. The van der Waals surface area contributed by atoms with E-state index >= 15 is 0 Å². The van der Waals surface area contributed by atoms with Gasteiger partial charge in [-0.05, 0) is 13.3 Å². The highest BCUT2D eigenvalue weighted by atomic mass is 16.1. The highest BCUT2D eigenvalue weighted by Gasteiger charge is 2.04. The maximum atomic E-state index is 11.1. The van der Waals surface area contributed by atoms with E-state index in [1.807, 2.05) is 6.92 Å². The van der Waals surface area contributed by atoms with Crippen LogP contribution in [-0.4, -0.2) is 36.0 Å². The summed E-state index contributed by atoms with van der Waals surface area (Å²) in [5.41, 5.74) is 0.913. The van der Waals surface area contributed by atoms with Gasteiger partial charge in [-0.25, -0.2) is 4.98 Å². The van der Waals surface area contributed by atoms with Crippen molar-refractivity contribution in [2.24, 2.45) is 0 Å². The normalized spacial score (nSPS) is 9.82. The molecular weight excluding hydrogens is 218 g/mol. The number of nitrogens with zero attached hydrogens (tertiary/aromatic N) is 2. The van der Waals surface area contributed by atoms with Gasteiger partial charge in [0.05, 0.1) is 6.54 Å². The Kier molecular flexibility index (Phi) is 5.19. The molecule has 0 aromatic carbocycles. The fourth-order valence-electron chi connectivity index (χ4n) is 1.20. The molecule has 1 amide bonds. The molecule has 1 aromatic rings. The fourth-order valence-corrected chi connectivity index (χ4v) is 1.20. The lowest BCUT2D eigenvalue weighted by Gasteiger charge is -2.09. The second kappa shape index (κ2) is 6.67. The van der Waals surface area contributed by atoms with Gasteiger partial charge in [0.25, 0.3) is 0 Å². The Balaban J connectivity index is 2.65. The van der Waals surface area contributed by atoms with E-state index in [0.717, 1.165) is 18.5 Å². The maximum absolute atomic E-state index is 11.1. The summed E-state index contributed by atoms with van der Waals surface area (Å²) in [6, 6.07) is 0. The third-order valence-electron chi connectivity index (χ3n) is 2.20. The second-order valence-electron chi connectivity index (χ2n) is 3.68. The number of amides is 1. The minimum Gasteiger partial charge on any atom is -0.361 e. The van der Waals surface area contributed by atoms with E-state index in [9.17, 15) is 4.79 Å². The van der Waals surface area contributed by atoms with E-state index in [1.165, 1.54) is 0 Å². The van der Waals surface area contributed by atoms with Gasteiger partial charge in [0.1, 0.15) is 5.82 Å². The molecule has 6 nitrogen and oxygen atoms in total. The number of likely N-dealkylation sites (N-methyl/N-ethyl adjacent to an activating group) is 1. The summed E-state index contributed by atoms with van der Waals surface area (Å²) in [7, 11) is 1.60. The first-order valence-electron chi connectivity index (χ1n) is 5.69. The van der Waals surface area contributed by atoms with Crippen molar-refractivity contribution in [1.82, 2.24) is 15.3 Å². The summed E-state index contributed by atoms with van der Waals surface area (Å²) < 4.78 is 0. The van der Waals surface area contributed by atoms with Gasteiger partial charge in [-0.3, -0.25) is 4.79 Å². The van der Waals surface area contributed by atoms with Crippen molar-refractivity contribution in [3.05, 3.63) is 11.8 Å². The van der Waals surface area contributed by atoms with Crippen LogP contribution in [0.1, 0.15) is 18.9 Å². The highest BCUT2D eigenvalue weighted by Crippen LogP contribution is 2.11. The number of aryl methyl sites for hydroxylation is 1. The minimum absolute atomic E-state index is 0.0777. The van der Waals surface area contributed by atoms with E-state index in [1.54, 1.807) is 13.2 Å². The van der Waals surface area contributed by atoms with Crippen molar-refractivity contribution in [2.45, 2.75) is 20.3 Å². The molecule has 1 aromatic heterocycles. The zero-order chi connectivity index (χ0) is 12.7. The smallest absolute Gasteiger partial charge is 0.239 e. The fraction of sp³-hybridized carbons (Fsp3) is 0.545. The monoisotopic (exact) mass is 237 g/mol. The molecule has 1 rings (SSSR count). The first kappa shape index (κ1) is 13.2. The molecule has 0 unspecified atom stereocenters. The standard InChI is InChI=1S/C11H19N5O/c1-4-5-13-11-15-6-8(2)10(16-11)14-7-9(17)12-3/h6H,4-5,7H2,1-3H3,(H,12,17)(H2,13,14,15,16). The zero-order valence-electron chi connectivity index (χ0n) is 10.5. The van der Waals surface area contributed by atoms with Crippen LogP contribution in [0.2, 0.25) is 0 Å². The molecule has 0 bridgehead atoms. The molecule has 6 heteroatoms. The maximum Gasteiger partial charge on any atom is 0.239 e. The number of carbonyl (C=O) groups is 1. The number of anilines is 2. The molecule has 1 heterocycles. The van der Waals surface area contributed by atoms with Crippen molar-refractivity contribution in [1.29, 1.82) is 0 Å². The van der Waals surface area contributed by atoms with Crippen molar-refractivity contribution in [2.75, 3.05) is 30.8 Å². The average molecular weight is 237 g/mol. The van der Waals surface area contributed by atoms with E-state index in [2.05, 4.69) is 32.8 Å². The molecule has 0 saturated carbocycles. The van der Waals surface area contributed by atoms with E-state index in [-0.39, 0.29) is 12.5 Å². The zero-order valence-corrected chi connectivity index (χ0v) is 10.5. The van der Waals surface area contributed by atoms with Gasteiger partial charge in [-0.1, -0.05) is 6.92 Å². The van der Waals surface area contributed by atoms with Gasteiger partial charge >= 0.3 is 0 Å². The lowest BCUT2D eigenvalue weighted by atomic mass is 10.3. The molecule has 94 valence electrons. The van der Waals surface area contributed by atoms with Crippen LogP contribution in [0, 0.1) is 6.92 Å². The number of aromatic nitrogens is 2. The van der Waals surface area contributed by atoms with E-state index in [0.29, 0.717) is 11.8 Å². The molecule has 0 aliphatic carbocycles. The number of rotatable bonds is 6. The topological polar surface area (TPSA) is 78.9 Å². The molecule has 0 fully saturated rings. The summed E-state index contributed by atoms with van der Waals surface area (Å²) in [6.07, 6.45) is 2.75. The van der Waals surface area contributed by atoms with Crippen molar-refractivity contribution in [3.8, 4) is 0 Å². The van der Waals surface area contributed by atoms with Crippen molar-refractivity contribution < 1.29 is 4.79 Å². The largest absolute Gasteiger partial charge is 0.361 e. The molecule has 0 radical (unpaired) electrons. The van der Waals surface area contributed by atoms with Gasteiger partial charge in [0.15, 0.2) is 0 Å². The van der Waals surface area contributed by atoms with Crippen LogP contribution in [0.4, 0.5) is 11.8 Å². The molecule has 0 atom stereocenters. The lowest BCUT2D eigenvalue weighted by Crippen LogP contribution is -2.26. The molecule has 17 heavy (non-hydrogen) atoms. The molecule has 0 aliphatic rings. The van der Waals surface area contributed by atoms with Crippen molar-refractivity contribution in [3.63, 3.8) is 0 Å². The van der Waals surface area contributed by atoms with E-state index < -0.39 is 0 Å². The third-order valence-corrected chi connectivity index (χ3v) is 2.20. The first-order chi connectivity index (χ1) is 8.17. The summed E-state index contributed by atoms with van der Waals surface area (Å²) >= 11 is 0. The third kappa shape index (κ3) is 4.26.